The van der Waals surface area contributed by atoms with E-state index in [1.165, 1.54) is 0 Å². The van der Waals surface area contributed by atoms with Crippen LogP contribution in [0.5, 0.6) is 11.5 Å². The van der Waals surface area contributed by atoms with Crippen molar-refractivity contribution in [1.82, 2.24) is 20.4 Å². The molecule has 1 fully saturated rings. The van der Waals surface area contributed by atoms with E-state index in [0.29, 0.717) is 36.1 Å². The number of rotatable bonds is 8. The van der Waals surface area contributed by atoms with E-state index in [1.54, 1.807) is 14.2 Å². The van der Waals surface area contributed by atoms with E-state index >= 15 is 0 Å². The molecule has 1 amide bonds. The van der Waals surface area contributed by atoms with E-state index in [4.69, 9.17) is 19.0 Å². The Labute approximate surface area is 193 Å². The summed E-state index contributed by atoms with van der Waals surface area (Å²) in [7, 11) is 3.24. The van der Waals surface area contributed by atoms with Crippen molar-refractivity contribution < 1.29 is 18.8 Å². The van der Waals surface area contributed by atoms with E-state index < -0.39 is 0 Å². The summed E-state index contributed by atoms with van der Waals surface area (Å²) in [4.78, 5) is 24.2. The molecule has 0 radical (unpaired) electrons. The Morgan fingerprint density at radius 2 is 2.06 bits per heavy atom. The van der Waals surface area contributed by atoms with Gasteiger partial charge in [-0.05, 0) is 50.3 Å². The second kappa shape index (κ2) is 10.1. The Hall–Kier alpha value is -3.36. The number of hydrogen-bond acceptors (Lipinski definition) is 8. The van der Waals surface area contributed by atoms with Crippen LogP contribution in [-0.2, 0) is 17.6 Å². The molecule has 1 aliphatic rings. The molecule has 1 aromatic carbocycles. The standard InChI is InChI=1S/C24H31N5O4/c1-5-18-21-22(26-15(2)27-24(21)33-28-18)29-12-6-7-17(14-29)23(30)25-11-10-16-8-9-19(31-3)20(13-16)32-4/h8-9,13,17H,5-7,10-12,14H2,1-4H3,(H,25,30)/t17-/m0/s1. The molecular formula is C24H31N5O4. The number of amides is 1. The molecule has 4 rings (SSSR count). The van der Waals surface area contributed by atoms with E-state index in [2.05, 4.69) is 20.4 Å². The highest BCUT2D eigenvalue weighted by molar-refractivity contribution is 5.89. The van der Waals surface area contributed by atoms with Crippen molar-refractivity contribution in [2.75, 3.05) is 38.8 Å². The maximum atomic E-state index is 12.9. The lowest BCUT2D eigenvalue weighted by Crippen LogP contribution is -2.44. The third kappa shape index (κ3) is 4.86. The monoisotopic (exact) mass is 453 g/mol. The number of nitrogens with zero attached hydrogens (tertiary/aromatic N) is 4. The minimum Gasteiger partial charge on any atom is -0.493 e. The van der Waals surface area contributed by atoms with Crippen molar-refractivity contribution in [3.05, 3.63) is 35.3 Å². The lowest BCUT2D eigenvalue weighted by atomic mass is 9.96. The first-order valence-corrected chi connectivity index (χ1v) is 11.4. The number of carbonyl (C=O) groups is 1. The second-order valence-corrected chi connectivity index (χ2v) is 8.27. The molecule has 9 heteroatoms. The fourth-order valence-electron chi connectivity index (χ4n) is 4.36. The number of aryl methyl sites for hydroxylation is 2. The van der Waals surface area contributed by atoms with Crippen LogP contribution >= 0.6 is 0 Å². The van der Waals surface area contributed by atoms with Gasteiger partial charge >= 0.3 is 0 Å². The quantitative estimate of drug-likeness (QED) is 0.555. The summed E-state index contributed by atoms with van der Waals surface area (Å²) in [5, 5.41) is 8.12. The summed E-state index contributed by atoms with van der Waals surface area (Å²) >= 11 is 0. The minimum absolute atomic E-state index is 0.0724. The van der Waals surface area contributed by atoms with Crippen LogP contribution in [-0.4, -0.2) is 54.9 Å². The molecule has 0 unspecified atom stereocenters. The van der Waals surface area contributed by atoms with Gasteiger partial charge in [-0.15, -0.1) is 0 Å². The number of benzene rings is 1. The largest absolute Gasteiger partial charge is 0.493 e. The Morgan fingerprint density at radius 3 is 2.82 bits per heavy atom. The topological polar surface area (TPSA) is 103 Å². The summed E-state index contributed by atoms with van der Waals surface area (Å²) in [5.74, 6) is 2.82. The number of ether oxygens (including phenoxy) is 2. The molecule has 0 aliphatic carbocycles. The molecule has 3 aromatic rings. The average Bonchev–Trinajstić information content (AvgIpc) is 3.26. The fraction of sp³-hybridized carbons (Fsp3) is 0.500. The van der Waals surface area contributed by atoms with Crippen molar-refractivity contribution in [3.8, 4) is 11.5 Å². The Morgan fingerprint density at radius 1 is 1.24 bits per heavy atom. The van der Waals surface area contributed by atoms with Gasteiger partial charge in [0.2, 0.25) is 5.91 Å². The smallest absolute Gasteiger partial charge is 0.263 e. The summed E-state index contributed by atoms with van der Waals surface area (Å²) in [6, 6.07) is 5.82. The summed E-state index contributed by atoms with van der Waals surface area (Å²) < 4.78 is 16.1. The molecule has 9 nitrogen and oxygen atoms in total. The van der Waals surface area contributed by atoms with Gasteiger partial charge in [0.25, 0.3) is 5.71 Å². The predicted octanol–water partition coefficient (Wildman–Crippen LogP) is 3.08. The van der Waals surface area contributed by atoms with Crippen LogP contribution in [0.15, 0.2) is 22.7 Å². The maximum absolute atomic E-state index is 12.9. The Balaban J connectivity index is 1.40. The first-order valence-electron chi connectivity index (χ1n) is 11.4. The molecule has 1 saturated heterocycles. The highest BCUT2D eigenvalue weighted by Crippen LogP contribution is 2.31. The number of methoxy groups -OCH3 is 2. The first-order chi connectivity index (χ1) is 16.0. The van der Waals surface area contributed by atoms with Crippen LogP contribution in [0, 0.1) is 12.8 Å². The molecule has 33 heavy (non-hydrogen) atoms. The number of hydrogen-bond donors (Lipinski definition) is 1. The third-order valence-corrected chi connectivity index (χ3v) is 6.09. The molecule has 1 atom stereocenters. The van der Waals surface area contributed by atoms with Crippen LogP contribution in [0.4, 0.5) is 5.82 Å². The zero-order valence-corrected chi connectivity index (χ0v) is 19.7. The summed E-state index contributed by atoms with van der Waals surface area (Å²) in [6.45, 7) is 5.90. The van der Waals surface area contributed by atoms with Crippen molar-refractivity contribution in [2.45, 2.75) is 39.5 Å². The van der Waals surface area contributed by atoms with Gasteiger partial charge < -0.3 is 24.2 Å². The van der Waals surface area contributed by atoms with E-state index in [9.17, 15) is 4.79 Å². The minimum atomic E-state index is -0.0978. The van der Waals surface area contributed by atoms with Crippen molar-refractivity contribution in [1.29, 1.82) is 0 Å². The van der Waals surface area contributed by atoms with Gasteiger partial charge in [0.15, 0.2) is 11.5 Å². The second-order valence-electron chi connectivity index (χ2n) is 8.27. The normalized spacial score (nSPS) is 16.1. The average molecular weight is 454 g/mol. The van der Waals surface area contributed by atoms with Crippen molar-refractivity contribution >= 4 is 22.8 Å². The molecule has 176 valence electrons. The van der Waals surface area contributed by atoms with Gasteiger partial charge in [-0.3, -0.25) is 4.79 Å². The van der Waals surface area contributed by atoms with E-state index in [1.807, 2.05) is 32.0 Å². The molecule has 0 saturated carbocycles. The van der Waals surface area contributed by atoms with Gasteiger partial charge in [-0.25, -0.2) is 4.98 Å². The first kappa shape index (κ1) is 22.8. The Kier molecular flexibility index (Phi) is 6.96. The van der Waals surface area contributed by atoms with Gasteiger partial charge in [-0.1, -0.05) is 18.1 Å². The van der Waals surface area contributed by atoms with Crippen molar-refractivity contribution in [2.24, 2.45) is 5.92 Å². The molecule has 0 bridgehead atoms. The fourth-order valence-corrected chi connectivity index (χ4v) is 4.36. The number of anilines is 1. The highest BCUT2D eigenvalue weighted by Gasteiger charge is 2.29. The molecule has 1 aliphatic heterocycles. The molecular weight excluding hydrogens is 422 g/mol. The van der Waals surface area contributed by atoms with Crippen LogP contribution in [0.3, 0.4) is 0 Å². The van der Waals surface area contributed by atoms with E-state index in [0.717, 1.165) is 54.7 Å². The number of carbonyl (C=O) groups excluding carboxylic acids is 1. The lowest BCUT2D eigenvalue weighted by molar-refractivity contribution is -0.125. The SMILES string of the molecule is CCc1noc2nc(C)nc(N3CCC[C@H](C(=O)NCCc4ccc(OC)c(OC)c4)C3)c12. The van der Waals surface area contributed by atoms with Crippen LogP contribution in [0.25, 0.3) is 11.1 Å². The maximum Gasteiger partial charge on any atom is 0.263 e. The van der Waals surface area contributed by atoms with Gasteiger partial charge in [0, 0.05) is 19.6 Å². The van der Waals surface area contributed by atoms with Gasteiger partial charge in [-0.2, -0.15) is 4.98 Å². The van der Waals surface area contributed by atoms with Gasteiger partial charge in [0.1, 0.15) is 17.0 Å². The predicted molar refractivity (Wildman–Crippen MR) is 125 cm³/mol. The number of nitrogens with one attached hydrogen (secondary N) is 1. The van der Waals surface area contributed by atoms with Crippen LogP contribution in [0.1, 0.15) is 36.8 Å². The lowest BCUT2D eigenvalue weighted by Gasteiger charge is -2.33. The van der Waals surface area contributed by atoms with Gasteiger partial charge in [0.05, 0.1) is 25.8 Å². The molecule has 0 spiro atoms. The summed E-state index contributed by atoms with van der Waals surface area (Å²) in [6.07, 6.45) is 3.23. The zero-order chi connectivity index (χ0) is 23.4. The zero-order valence-electron chi connectivity index (χ0n) is 19.7. The van der Waals surface area contributed by atoms with Crippen molar-refractivity contribution in [3.63, 3.8) is 0 Å². The molecule has 2 aromatic heterocycles. The third-order valence-electron chi connectivity index (χ3n) is 6.09. The molecule has 1 N–H and O–H groups in total. The van der Waals surface area contributed by atoms with Crippen LogP contribution in [0.2, 0.25) is 0 Å². The number of piperidine rings is 1. The Bertz CT molecular complexity index is 1130. The molecule has 3 heterocycles. The highest BCUT2D eigenvalue weighted by atomic mass is 16.5. The van der Waals surface area contributed by atoms with E-state index in [-0.39, 0.29) is 11.8 Å². The number of fused-ring (bicyclic) bond motifs is 1. The summed E-state index contributed by atoms with van der Waals surface area (Å²) in [5.41, 5.74) is 2.44. The number of aromatic nitrogens is 3. The van der Waals surface area contributed by atoms with Crippen LogP contribution < -0.4 is 19.7 Å².